The van der Waals surface area contributed by atoms with Crippen LogP contribution >= 0.6 is 0 Å². The first-order valence-electron chi connectivity index (χ1n) is 13.2. The van der Waals surface area contributed by atoms with Crippen LogP contribution in [0.1, 0.15) is 65.2 Å². The largest absolute Gasteiger partial charge is 0.465 e. The minimum atomic E-state index is -0.680. The highest BCUT2D eigenvalue weighted by molar-refractivity contribution is 5.87. The number of oxime groups is 1. The maximum absolute atomic E-state index is 12.8. The van der Waals surface area contributed by atoms with E-state index < -0.39 is 6.10 Å². The van der Waals surface area contributed by atoms with Gasteiger partial charge in [-0.25, -0.2) is 0 Å². The number of Topliss-reactive ketones (excluding diaryl/α,β-unsaturated/α-hetero) is 1. The lowest BCUT2D eigenvalue weighted by molar-refractivity contribution is -0.210. The molecular formula is C26H40N2O6. The van der Waals surface area contributed by atoms with Gasteiger partial charge in [0.05, 0.1) is 18.4 Å². The zero-order valence-electron chi connectivity index (χ0n) is 20.5. The number of ether oxygens (including phenoxy) is 1. The van der Waals surface area contributed by atoms with Crippen LogP contribution in [0.2, 0.25) is 0 Å². The van der Waals surface area contributed by atoms with Gasteiger partial charge >= 0.3 is 5.97 Å². The summed E-state index contributed by atoms with van der Waals surface area (Å²) >= 11 is 0. The Morgan fingerprint density at radius 2 is 2.00 bits per heavy atom. The first-order chi connectivity index (χ1) is 16.3. The van der Waals surface area contributed by atoms with Crippen LogP contribution in [-0.4, -0.2) is 66.2 Å². The van der Waals surface area contributed by atoms with Crippen molar-refractivity contribution in [1.29, 1.82) is 0 Å². The van der Waals surface area contributed by atoms with Crippen molar-refractivity contribution in [3.05, 3.63) is 0 Å². The molecule has 3 N–H and O–H groups in total. The van der Waals surface area contributed by atoms with E-state index in [-0.39, 0.29) is 59.1 Å². The van der Waals surface area contributed by atoms with E-state index in [4.69, 9.17) is 9.57 Å². The van der Waals surface area contributed by atoms with Crippen molar-refractivity contribution in [2.24, 2.45) is 45.6 Å². The number of rotatable bonds is 5. The maximum Gasteiger partial charge on any atom is 0.302 e. The van der Waals surface area contributed by atoms with Crippen LogP contribution in [0.15, 0.2) is 5.16 Å². The van der Waals surface area contributed by atoms with Gasteiger partial charge in [-0.05, 0) is 68.7 Å². The second-order valence-electron chi connectivity index (χ2n) is 11.7. The summed E-state index contributed by atoms with van der Waals surface area (Å²) in [6.07, 6.45) is 5.57. The predicted molar refractivity (Wildman–Crippen MR) is 125 cm³/mol. The molecule has 0 amide bonds. The van der Waals surface area contributed by atoms with Crippen molar-refractivity contribution in [3.8, 4) is 0 Å². The van der Waals surface area contributed by atoms with Crippen molar-refractivity contribution in [1.82, 2.24) is 5.32 Å². The SMILES string of the molecule is CC(=O)OC[C@]12CCC(=NOC3CCNC3)CC1[C@@H](CO)[C@@H](O)C1C2CC[C@]2(C)C(=O)CCC12. The number of hydrogen-bond acceptors (Lipinski definition) is 8. The minimum Gasteiger partial charge on any atom is -0.465 e. The van der Waals surface area contributed by atoms with Crippen molar-refractivity contribution in [2.75, 3.05) is 26.3 Å². The Bertz CT molecular complexity index is 841. The highest BCUT2D eigenvalue weighted by Gasteiger charge is 2.66. The number of esters is 1. The molecule has 0 spiro atoms. The summed E-state index contributed by atoms with van der Waals surface area (Å²) in [6, 6.07) is 0. The number of aliphatic hydroxyl groups is 2. The molecule has 34 heavy (non-hydrogen) atoms. The van der Waals surface area contributed by atoms with E-state index in [9.17, 15) is 19.8 Å². The summed E-state index contributed by atoms with van der Waals surface area (Å²) in [5.41, 5.74) is 0.252. The predicted octanol–water partition coefficient (Wildman–Crippen LogP) is 2.07. The van der Waals surface area contributed by atoms with Gasteiger partial charge in [0.15, 0.2) is 0 Å². The maximum atomic E-state index is 12.8. The van der Waals surface area contributed by atoms with Crippen molar-refractivity contribution >= 4 is 17.5 Å². The van der Waals surface area contributed by atoms with E-state index in [2.05, 4.69) is 17.4 Å². The molecule has 9 atom stereocenters. The van der Waals surface area contributed by atoms with Crippen LogP contribution in [0.4, 0.5) is 0 Å². The van der Waals surface area contributed by atoms with Gasteiger partial charge in [0.25, 0.3) is 0 Å². The zero-order valence-corrected chi connectivity index (χ0v) is 20.5. The Morgan fingerprint density at radius 1 is 1.18 bits per heavy atom. The molecule has 1 aliphatic heterocycles. The highest BCUT2D eigenvalue weighted by Crippen LogP contribution is 2.66. The van der Waals surface area contributed by atoms with Crippen molar-refractivity contribution < 1.29 is 29.4 Å². The number of aliphatic hydroxyl groups excluding tert-OH is 2. The van der Waals surface area contributed by atoms with Gasteiger partial charge in [0, 0.05) is 49.7 Å². The van der Waals surface area contributed by atoms with Gasteiger partial charge in [0.1, 0.15) is 11.9 Å². The highest BCUT2D eigenvalue weighted by atomic mass is 16.6. The van der Waals surface area contributed by atoms with Crippen LogP contribution in [-0.2, 0) is 19.2 Å². The molecule has 0 aromatic carbocycles. The van der Waals surface area contributed by atoms with E-state index >= 15 is 0 Å². The molecule has 190 valence electrons. The number of carbonyl (C=O) groups is 2. The van der Waals surface area contributed by atoms with Gasteiger partial charge in [-0.2, -0.15) is 0 Å². The van der Waals surface area contributed by atoms with Gasteiger partial charge in [-0.15, -0.1) is 0 Å². The molecule has 1 saturated heterocycles. The minimum absolute atomic E-state index is 0.0487. The molecule has 0 aromatic heterocycles. The van der Waals surface area contributed by atoms with E-state index in [1.54, 1.807) is 0 Å². The van der Waals surface area contributed by atoms with E-state index in [1.165, 1.54) is 6.92 Å². The Balaban J connectivity index is 1.48. The third-order valence-corrected chi connectivity index (χ3v) is 10.3. The number of hydrogen-bond donors (Lipinski definition) is 3. The Hall–Kier alpha value is -1.51. The summed E-state index contributed by atoms with van der Waals surface area (Å²) in [5, 5.41) is 30.0. The standard InChI is InChI=1S/C26H40N2O6/c1-15(30)33-14-26-9-5-16(28-34-17-7-10-27-12-17)11-21(26)18(13-29)24(32)23-19-3-4-22(31)25(19,2)8-6-20(23)26/h17-21,23-24,27,29,32H,3-14H2,1-2H3/t17?,18-,19?,20?,21?,23?,24-,25+,26+/m1/s1. The van der Waals surface area contributed by atoms with Crippen LogP contribution in [0.5, 0.6) is 0 Å². The van der Waals surface area contributed by atoms with Crippen LogP contribution in [0.25, 0.3) is 0 Å². The smallest absolute Gasteiger partial charge is 0.302 e. The lowest BCUT2D eigenvalue weighted by atomic mass is 9.42. The molecule has 4 saturated carbocycles. The molecule has 8 nitrogen and oxygen atoms in total. The van der Waals surface area contributed by atoms with E-state index in [1.807, 2.05) is 0 Å². The molecule has 5 unspecified atom stereocenters. The second kappa shape index (κ2) is 9.17. The summed E-state index contributed by atoms with van der Waals surface area (Å²) in [7, 11) is 0. The quantitative estimate of drug-likeness (QED) is 0.411. The zero-order chi connectivity index (χ0) is 24.1. The van der Waals surface area contributed by atoms with Crippen LogP contribution in [0, 0.1) is 40.4 Å². The van der Waals surface area contributed by atoms with Crippen LogP contribution < -0.4 is 5.32 Å². The molecule has 0 bridgehead atoms. The molecular weight excluding hydrogens is 436 g/mol. The molecule has 5 aliphatic rings. The molecule has 8 heteroatoms. The second-order valence-corrected chi connectivity index (χ2v) is 11.7. The van der Waals surface area contributed by atoms with Gasteiger partial charge in [-0.1, -0.05) is 12.1 Å². The van der Waals surface area contributed by atoms with Gasteiger partial charge < -0.3 is 25.1 Å². The summed E-state index contributed by atoms with van der Waals surface area (Å²) < 4.78 is 5.70. The van der Waals surface area contributed by atoms with E-state index in [0.717, 1.165) is 57.3 Å². The normalized spacial score (nSPS) is 47.1. The summed E-state index contributed by atoms with van der Waals surface area (Å²) in [5.74, 6) is -0.165. The Labute approximate surface area is 201 Å². The van der Waals surface area contributed by atoms with E-state index in [0.29, 0.717) is 25.2 Å². The Kier molecular flexibility index (Phi) is 6.53. The third-order valence-electron chi connectivity index (χ3n) is 10.3. The fourth-order valence-corrected chi connectivity index (χ4v) is 8.51. The number of carbonyl (C=O) groups excluding carboxylic acids is 2. The number of nitrogens with zero attached hydrogens (tertiary/aromatic N) is 1. The van der Waals surface area contributed by atoms with Crippen molar-refractivity contribution in [3.63, 3.8) is 0 Å². The fraction of sp³-hybridized carbons (Fsp3) is 0.885. The fourth-order valence-electron chi connectivity index (χ4n) is 8.51. The van der Waals surface area contributed by atoms with Crippen LogP contribution in [0.3, 0.4) is 0 Å². The molecule has 5 rings (SSSR count). The summed E-state index contributed by atoms with van der Waals surface area (Å²) in [4.78, 5) is 30.6. The van der Waals surface area contributed by atoms with Gasteiger partial charge in [0.2, 0.25) is 0 Å². The monoisotopic (exact) mass is 476 g/mol. The average molecular weight is 477 g/mol. The number of ketones is 1. The third kappa shape index (κ3) is 3.80. The lowest BCUT2D eigenvalue weighted by Crippen LogP contribution is -2.64. The Morgan fingerprint density at radius 3 is 2.71 bits per heavy atom. The molecule has 0 aromatic rings. The summed E-state index contributed by atoms with van der Waals surface area (Å²) in [6.45, 7) is 5.43. The molecule has 0 radical (unpaired) electrons. The van der Waals surface area contributed by atoms with Gasteiger partial charge in [-0.3, -0.25) is 9.59 Å². The first kappa shape index (κ1) is 24.2. The molecule has 1 heterocycles. The lowest BCUT2D eigenvalue weighted by Gasteiger charge is -2.63. The molecule has 4 aliphatic carbocycles. The molecule has 5 fully saturated rings. The number of fused-ring (bicyclic) bond motifs is 5. The average Bonchev–Trinajstić information content (AvgIpc) is 3.44. The van der Waals surface area contributed by atoms with Crippen molar-refractivity contribution in [2.45, 2.75) is 77.4 Å². The topological polar surface area (TPSA) is 117 Å². The first-order valence-corrected chi connectivity index (χ1v) is 13.2. The number of nitrogens with one attached hydrogen (secondary N) is 1.